The zero-order chi connectivity index (χ0) is 20.7. The number of ether oxygens (including phenoxy) is 5. The Hall–Kier alpha value is -1.93. The molecular weight excluding hydrogens is 435 g/mol. The Morgan fingerprint density at radius 2 is 1.43 bits per heavy atom. The van der Waals surface area contributed by atoms with E-state index in [-0.39, 0.29) is 15.0 Å². The van der Waals surface area contributed by atoms with Gasteiger partial charge in [-0.15, -0.1) is 0 Å². The summed E-state index contributed by atoms with van der Waals surface area (Å²) < 4.78 is 28.5. The van der Waals surface area contributed by atoms with E-state index in [2.05, 4.69) is 0 Å². The summed E-state index contributed by atoms with van der Waals surface area (Å²) in [6.45, 7) is 3.71. The molecular formula is C19H24O8Se. The predicted molar refractivity (Wildman–Crippen MR) is 99.0 cm³/mol. The number of hydrogen-bond acceptors (Lipinski definition) is 8. The van der Waals surface area contributed by atoms with Crippen molar-refractivity contribution in [2.75, 3.05) is 7.11 Å². The number of methoxy groups -OCH3 is 1. The van der Waals surface area contributed by atoms with Crippen LogP contribution in [-0.2, 0) is 38.1 Å². The van der Waals surface area contributed by atoms with Gasteiger partial charge >= 0.3 is 170 Å². The van der Waals surface area contributed by atoms with Gasteiger partial charge in [0.1, 0.15) is 0 Å². The summed E-state index contributed by atoms with van der Waals surface area (Å²) in [5.41, 5.74) is 0. The molecule has 0 aliphatic carbocycles. The minimum atomic E-state index is -1.06. The normalized spacial score (nSPS) is 26.9. The number of rotatable bonds is 7. The first-order valence-corrected chi connectivity index (χ1v) is 10.8. The molecule has 8 nitrogen and oxygen atoms in total. The summed E-state index contributed by atoms with van der Waals surface area (Å²) in [7, 11) is 1.40. The summed E-state index contributed by atoms with van der Waals surface area (Å²) in [6, 6.07) is 9.82. The maximum atomic E-state index is 11.7. The molecule has 0 radical (unpaired) electrons. The van der Waals surface area contributed by atoms with Gasteiger partial charge in [0, 0.05) is 0 Å². The van der Waals surface area contributed by atoms with E-state index in [1.165, 1.54) is 27.9 Å². The third-order valence-corrected chi connectivity index (χ3v) is 6.20. The van der Waals surface area contributed by atoms with E-state index in [9.17, 15) is 14.4 Å². The van der Waals surface area contributed by atoms with Crippen LogP contribution in [0, 0.1) is 0 Å². The standard InChI is InChI=1S/C19H24O8Se/c1-11(20)24-16-15(10-28-14-8-6-5-7-9-14)27-19(23-4)18(26-13(3)22)17(16)25-12(2)21/h5-9,15-19H,10H2,1-4H3/t15-,16-,17+,18-,19-/m1/s1. The number of carbonyl (C=O) groups excluding carboxylic acids is 3. The second-order valence-corrected chi connectivity index (χ2v) is 8.42. The Balaban J connectivity index is 2.29. The van der Waals surface area contributed by atoms with E-state index in [0.29, 0.717) is 5.32 Å². The molecule has 154 valence electrons. The average molecular weight is 459 g/mol. The van der Waals surface area contributed by atoms with Gasteiger partial charge in [-0.05, 0) is 0 Å². The molecule has 1 aromatic carbocycles. The molecule has 1 aromatic rings. The SMILES string of the molecule is CO[C@@H]1O[C@H](C[Se]c2ccccc2)[C@@H](OC(C)=O)[C@H](OC(C)=O)[C@H]1OC(C)=O. The molecule has 1 aliphatic rings. The molecule has 0 aromatic heterocycles. The van der Waals surface area contributed by atoms with Crippen molar-refractivity contribution in [2.24, 2.45) is 0 Å². The van der Waals surface area contributed by atoms with E-state index < -0.39 is 48.6 Å². The van der Waals surface area contributed by atoms with Gasteiger partial charge in [-0.25, -0.2) is 0 Å². The fourth-order valence-electron chi connectivity index (χ4n) is 2.87. The van der Waals surface area contributed by atoms with Crippen LogP contribution < -0.4 is 4.46 Å². The molecule has 2 rings (SSSR count). The second-order valence-electron chi connectivity index (χ2n) is 6.12. The fraction of sp³-hybridized carbons (Fsp3) is 0.526. The van der Waals surface area contributed by atoms with Gasteiger partial charge in [-0.2, -0.15) is 0 Å². The number of esters is 3. The van der Waals surface area contributed by atoms with Crippen molar-refractivity contribution in [3.8, 4) is 0 Å². The van der Waals surface area contributed by atoms with Crippen LogP contribution in [0.1, 0.15) is 20.8 Å². The van der Waals surface area contributed by atoms with Gasteiger partial charge in [0.25, 0.3) is 0 Å². The van der Waals surface area contributed by atoms with Gasteiger partial charge in [-0.3, -0.25) is 0 Å². The molecule has 0 saturated carbocycles. The predicted octanol–water partition coefficient (Wildman–Crippen LogP) is 0.601. The third kappa shape index (κ3) is 6.31. The molecule has 0 spiro atoms. The van der Waals surface area contributed by atoms with Gasteiger partial charge in [0.05, 0.1) is 0 Å². The van der Waals surface area contributed by atoms with Crippen LogP contribution >= 0.6 is 0 Å². The second kappa shape index (κ2) is 10.6. The summed E-state index contributed by atoms with van der Waals surface area (Å²) in [5, 5.41) is 0.541. The van der Waals surface area contributed by atoms with E-state index >= 15 is 0 Å². The summed E-state index contributed by atoms with van der Waals surface area (Å²) in [4.78, 5) is 34.9. The summed E-state index contributed by atoms with van der Waals surface area (Å²) >= 11 is 0.0116. The first-order chi connectivity index (χ1) is 13.3. The van der Waals surface area contributed by atoms with Crippen molar-refractivity contribution >= 4 is 37.3 Å². The third-order valence-electron chi connectivity index (χ3n) is 3.89. The fourth-order valence-corrected chi connectivity index (χ4v) is 4.92. The topological polar surface area (TPSA) is 97.4 Å². The molecule has 1 fully saturated rings. The molecule has 0 N–H and O–H groups in total. The first-order valence-electron chi connectivity index (χ1n) is 8.69. The molecule has 5 atom stereocenters. The molecule has 1 heterocycles. The molecule has 1 aliphatic heterocycles. The van der Waals surface area contributed by atoms with Crippen LogP contribution in [-0.4, -0.2) is 70.7 Å². The zero-order valence-corrected chi connectivity index (χ0v) is 17.9. The molecule has 28 heavy (non-hydrogen) atoms. The summed E-state index contributed by atoms with van der Waals surface area (Å²) in [5.74, 6) is -1.75. The van der Waals surface area contributed by atoms with Crippen molar-refractivity contribution in [3.05, 3.63) is 30.3 Å². The van der Waals surface area contributed by atoms with E-state index in [4.69, 9.17) is 23.7 Å². The van der Waals surface area contributed by atoms with Crippen molar-refractivity contribution < 1.29 is 38.1 Å². The van der Waals surface area contributed by atoms with E-state index in [1.54, 1.807) is 0 Å². The molecule has 0 bridgehead atoms. The van der Waals surface area contributed by atoms with Gasteiger partial charge in [0.15, 0.2) is 0 Å². The minimum absolute atomic E-state index is 0.0116. The Morgan fingerprint density at radius 3 is 1.96 bits per heavy atom. The van der Waals surface area contributed by atoms with Crippen molar-refractivity contribution in [1.82, 2.24) is 0 Å². The monoisotopic (exact) mass is 460 g/mol. The maximum absolute atomic E-state index is 11.7. The first kappa shape index (κ1) is 22.4. The van der Waals surface area contributed by atoms with Crippen LogP contribution in [0.2, 0.25) is 5.32 Å². The summed E-state index contributed by atoms with van der Waals surface area (Å²) in [6.07, 6.45) is -4.58. The molecule has 0 amide bonds. The van der Waals surface area contributed by atoms with E-state index in [0.717, 1.165) is 4.46 Å². The number of hydrogen-bond donors (Lipinski definition) is 0. The zero-order valence-electron chi connectivity index (χ0n) is 16.2. The van der Waals surface area contributed by atoms with Crippen molar-refractivity contribution in [1.29, 1.82) is 0 Å². The van der Waals surface area contributed by atoms with Gasteiger partial charge in [0.2, 0.25) is 0 Å². The van der Waals surface area contributed by atoms with Crippen molar-refractivity contribution in [3.63, 3.8) is 0 Å². The molecule has 1 saturated heterocycles. The Bertz CT molecular complexity index is 680. The Kier molecular flexibility index (Phi) is 8.44. The van der Waals surface area contributed by atoms with E-state index in [1.807, 2.05) is 30.3 Å². The van der Waals surface area contributed by atoms with Crippen LogP contribution in [0.5, 0.6) is 0 Å². The number of benzene rings is 1. The Morgan fingerprint density at radius 1 is 0.893 bits per heavy atom. The van der Waals surface area contributed by atoms with Crippen LogP contribution in [0.15, 0.2) is 30.3 Å². The van der Waals surface area contributed by atoms with Crippen molar-refractivity contribution in [2.45, 2.75) is 56.8 Å². The number of carbonyl (C=O) groups is 3. The average Bonchev–Trinajstić information content (AvgIpc) is 2.63. The van der Waals surface area contributed by atoms with Crippen LogP contribution in [0.4, 0.5) is 0 Å². The molecule has 9 heteroatoms. The van der Waals surface area contributed by atoms with Crippen LogP contribution in [0.25, 0.3) is 0 Å². The van der Waals surface area contributed by atoms with Crippen LogP contribution in [0.3, 0.4) is 0 Å². The molecule has 0 unspecified atom stereocenters. The van der Waals surface area contributed by atoms with Gasteiger partial charge < -0.3 is 0 Å². The van der Waals surface area contributed by atoms with Gasteiger partial charge in [-0.1, -0.05) is 0 Å². The Labute approximate surface area is 170 Å². The quantitative estimate of drug-likeness (QED) is 0.332.